The maximum absolute atomic E-state index is 13.3. The molecule has 0 spiro atoms. The average molecular weight is 753 g/mol. The van der Waals surface area contributed by atoms with Crippen LogP contribution in [0.4, 0.5) is 4.79 Å². The van der Waals surface area contributed by atoms with Crippen molar-refractivity contribution >= 4 is 95.7 Å². The zero-order valence-electron chi connectivity index (χ0n) is 20.6. The molecule has 0 unspecified atom stereocenters. The fourth-order valence-electron chi connectivity index (χ4n) is 4.76. The minimum atomic E-state index is -0.265. The first-order valence-electron chi connectivity index (χ1n) is 12.3. The lowest BCUT2D eigenvalue weighted by atomic mass is 10.0. The molecule has 192 valence electrons. The van der Waals surface area contributed by atoms with Crippen LogP contribution in [0.3, 0.4) is 0 Å². The van der Waals surface area contributed by atoms with Crippen molar-refractivity contribution in [2.45, 2.75) is 13.2 Å². The van der Waals surface area contributed by atoms with Crippen molar-refractivity contribution < 1.29 is 14.3 Å². The van der Waals surface area contributed by atoms with E-state index in [0.29, 0.717) is 11.5 Å². The number of rotatable bonds is 6. The smallest absolute Gasteiger partial charge is 0.293 e. The normalized spacial score (nSPS) is 14.6. The van der Waals surface area contributed by atoms with Crippen molar-refractivity contribution in [3.8, 4) is 5.75 Å². The summed E-state index contributed by atoms with van der Waals surface area (Å²) >= 11 is 5.52. The summed E-state index contributed by atoms with van der Waals surface area (Å²) in [7, 11) is 0. The molecule has 6 rings (SSSR count). The Morgan fingerprint density at radius 1 is 0.744 bits per heavy atom. The number of ether oxygens (including phenoxy) is 1. The number of imide groups is 1. The summed E-state index contributed by atoms with van der Waals surface area (Å²) in [6.45, 7) is 0.707. The van der Waals surface area contributed by atoms with Gasteiger partial charge in [-0.1, -0.05) is 84.9 Å². The molecule has 1 aliphatic heterocycles. The summed E-state index contributed by atoms with van der Waals surface area (Å²) in [5.41, 5.74) is 2.94. The first-order valence-corrected chi connectivity index (χ1v) is 15.3. The number of nitrogens with zero attached hydrogens (tertiary/aromatic N) is 1. The van der Waals surface area contributed by atoms with E-state index in [1.165, 1.54) is 15.7 Å². The van der Waals surface area contributed by atoms with E-state index in [-0.39, 0.29) is 17.7 Å². The highest BCUT2D eigenvalue weighted by molar-refractivity contribution is 14.1. The number of halogens is 2. The molecule has 7 heteroatoms. The van der Waals surface area contributed by atoms with Gasteiger partial charge in [-0.3, -0.25) is 14.5 Å². The van der Waals surface area contributed by atoms with Gasteiger partial charge in [0.05, 0.1) is 18.6 Å². The zero-order valence-corrected chi connectivity index (χ0v) is 25.7. The van der Waals surface area contributed by atoms with E-state index in [2.05, 4.69) is 69.4 Å². The van der Waals surface area contributed by atoms with Crippen LogP contribution in [0, 0.1) is 7.14 Å². The van der Waals surface area contributed by atoms with Crippen molar-refractivity contribution in [3.05, 3.63) is 126 Å². The van der Waals surface area contributed by atoms with Gasteiger partial charge < -0.3 is 4.74 Å². The third kappa shape index (κ3) is 5.44. The number of amides is 2. The topological polar surface area (TPSA) is 46.6 Å². The van der Waals surface area contributed by atoms with Crippen LogP contribution >= 0.6 is 56.9 Å². The van der Waals surface area contributed by atoms with Crippen molar-refractivity contribution in [1.82, 2.24) is 4.90 Å². The van der Waals surface area contributed by atoms with Gasteiger partial charge in [0, 0.05) is 0 Å². The van der Waals surface area contributed by atoms with Crippen LogP contribution in [0.5, 0.6) is 5.75 Å². The third-order valence-corrected chi connectivity index (χ3v) is 9.16. The predicted molar refractivity (Wildman–Crippen MR) is 176 cm³/mol. The summed E-state index contributed by atoms with van der Waals surface area (Å²) in [6.07, 6.45) is 1.80. The molecule has 0 N–H and O–H groups in total. The molecule has 39 heavy (non-hydrogen) atoms. The van der Waals surface area contributed by atoms with Gasteiger partial charge in [-0.15, -0.1) is 0 Å². The molecule has 2 amide bonds. The Hall–Kier alpha value is -2.89. The fourth-order valence-corrected chi connectivity index (χ4v) is 7.72. The van der Waals surface area contributed by atoms with Crippen LogP contribution in [-0.2, 0) is 17.9 Å². The number of hydrogen-bond acceptors (Lipinski definition) is 4. The van der Waals surface area contributed by atoms with Crippen molar-refractivity contribution in [1.29, 1.82) is 0 Å². The van der Waals surface area contributed by atoms with Gasteiger partial charge in [-0.25, -0.2) is 0 Å². The van der Waals surface area contributed by atoms with Crippen molar-refractivity contribution in [3.63, 3.8) is 0 Å². The van der Waals surface area contributed by atoms with E-state index in [0.717, 1.165) is 52.1 Å². The highest BCUT2D eigenvalue weighted by Gasteiger charge is 2.35. The summed E-state index contributed by atoms with van der Waals surface area (Å²) in [6, 6.07) is 32.5. The molecule has 5 aromatic carbocycles. The molecular formula is C32H21I2NO3S. The number of carbonyl (C=O) groups excluding carboxylic acids is 2. The number of carbonyl (C=O) groups is 2. The number of hydrogen-bond donors (Lipinski definition) is 0. The highest BCUT2D eigenvalue weighted by Crippen LogP contribution is 2.36. The summed E-state index contributed by atoms with van der Waals surface area (Å²) < 4.78 is 8.16. The Bertz CT molecular complexity index is 1770. The van der Waals surface area contributed by atoms with E-state index in [1.54, 1.807) is 6.08 Å². The Labute approximate surface area is 257 Å². The van der Waals surface area contributed by atoms with Crippen molar-refractivity contribution in [2.75, 3.05) is 0 Å². The maximum Gasteiger partial charge on any atom is 0.293 e. The quantitative estimate of drug-likeness (QED) is 0.128. The molecule has 1 fully saturated rings. The molecule has 0 bridgehead atoms. The van der Waals surface area contributed by atoms with Crippen LogP contribution < -0.4 is 4.74 Å². The van der Waals surface area contributed by atoms with Crippen LogP contribution in [0.15, 0.2) is 102 Å². The minimum Gasteiger partial charge on any atom is -0.487 e. The lowest BCUT2D eigenvalue weighted by molar-refractivity contribution is -0.123. The van der Waals surface area contributed by atoms with Gasteiger partial charge in [-0.05, 0) is 113 Å². The Balaban J connectivity index is 1.21. The molecule has 5 aromatic rings. The molecule has 4 nitrogen and oxygen atoms in total. The third-order valence-electron chi connectivity index (χ3n) is 6.65. The Morgan fingerprint density at radius 2 is 1.31 bits per heavy atom. The monoisotopic (exact) mass is 753 g/mol. The van der Waals surface area contributed by atoms with E-state index in [1.807, 2.05) is 72.8 Å². The standard InChI is InChI=1S/C32H21I2NO3S/c33-27-15-20(16-28(34)30(27)38-19-24-12-6-10-22-8-2-4-14-26(22)24)17-29-31(36)35(32(37)39-29)18-23-11-5-9-21-7-1-3-13-25(21)23/h1-17H,18-19H2/b29-17+. The largest absolute Gasteiger partial charge is 0.487 e. The first-order chi connectivity index (χ1) is 19.0. The van der Waals surface area contributed by atoms with Crippen molar-refractivity contribution in [2.24, 2.45) is 0 Å². The fraction of sp³-hybridized carbons (Fsp3) is 0.0625. The molecule has 0 aromatic heterocycles. The lowest BCUT2D eigenvalue weighted by Gasteiger charge is -2.14. The van der Waals surface area contributed by atoms with Gasteiger partial charge >= 0.3 is 0 Å². The van der Waals surface area contributed by atoms with Gasteiger partial charge in [0.25, 0.3) is 11.1 Å². The zero-order chi connectivity index (χ0) is 26.9. The summed E-state index contributed by atoms with van der Waals surface area (Å²) in [5.74, 6) is 0.546. The van der Waals surface area contributed by atoms with E-state index >= 15 is 0 Å². The molecular weight excluding hydrogens is 732 g/mol. The molecule has 1 heterocycles. The van der Waals surface area contributed by atoms with Crippen LogP contribution in [0.2, 0.25) is 0 Å². The molecule has 1 saturated heterocycles. The van der Waals surface area contributed by atoms with E-state index in [9.17, 15) is 9.59 Å². The summed E-state index contributed by atoms with van der Waals surface area (Å²) in [4.78, 5) is 27.8. The highest BCUT2D eigenvalue weighted by atomic mass is 127. The SMILES string of the molecule is O=C1S/C(=C/c2cc(I)c(OCc3cccc4ccccc34)c(I)c2)C(=O)N1Cc1cccc2ccccc12. The first kappa shape index (κ1) is 26.3. The second-order valence-electron chi connectivity index (χ2n) is 9.15. The van der Waals surface area contributed by atoms with E-state index in [4.69, 9.17) is 4.74 Å². The molecule has 1 aliphatic rings. The van der Waals surface area contributed by atoms with Gasteiger partial charge in [0.1, 0.15) is 12.4 Å². The number of benzene rings is 5. The van der Waals surface area contributed by atoms with Gasteiger partial charge in [0.2, 0.25) is 0 Å². The molecule has 0 atom stereocenters. The summed E-state index contributed by atoms with van der Waals surface area (Å²) in [5, 5.41) is 4.25. The lowest BCUT2D eigenvalue weighted by Crippen LogP contribution is -2.27. The number of thioether (sulfide) groups is 1. The van der Waals surface area contributed by atoms with Gasteiger partial charge in [-0.2, -0.15) is 0 Å². The minimum absolute atomic E-state index is 0.249. The molecule has 0 saturated carbocycles. The Kier molecular flexibility index (Phi) is 7.64. The Morgan fingerprint density at radius 3 is 1.97 bits per heavy atom. The molecule has 0 radical (unpaired) electrons. The molecule has 0 aliphatic carbocycles. The van der Waals surface area contributed by atoms with Gasteiger partial charge in [0.15, 0.2) is 0 Å². The van der Waals surface area contributed by atoms with Crippen LogP contribution in [0.1, 0.15) is 16.7 Å². The van der Waals surface area contributed by atoms with Crippen LogP contribution in [-0.4, -0.2) is 16.0 Å². The average Bonchev–Trinajstić information content (AvgIpc) is 3.20. The second-order valence-corrected chi connectivity index (χ2v) is 12.5. The predicted octanol–water partition coefficient (Wildman–Crippen LogP) is 9.02. The maximum atomic E-state index is 13.3. The second kappa shape index (κ2) is 11.3. The van der Waals surface area contributed by atoms with E-state index < -0.39 is 0 Å². The van der Waals surface area contributed by atoms with Crippen LogP contribution in [0.25, 0.3) is 27.6 Å². The number of fused-ring (bicyclic) bond motifs is 2.